The van der Waals surface area contributed by atoms with Gasteiger partial charge in [-0.15, -0.1) is 0 Å². The molecule has 1 rings (SSSR count). The number of nitrogen functional groups attached to an aromatic ring is 1. The highest BCUT2D eigenvalue weighted by Gasteiger charge is 2.08. The maximum absolute atomic E-state index is 11.7. The summed E-state index contributed by atoms with van der Waals surface area (Å²) < 4.78 is 5.15. The van der Waals surface area contributed by atoms with Gasteiger partial charge in [0.15, 0.2) is 0 Å². The number of hydrogen-bond acceptors (Lipinski definition) is 4. The van der Waals surface area contributed by atoms with E-state index in [0.717, 1.165) is 12.8 Å². The molecule has 1 aromatic rings. The molecule has 0 aliphatic carbocycles. The number of esters is 1. The fourth-order valence-electron chi connectivity index (χ4n) is 1.81. The molecule has 0 amide bonds. The third-order valence-corrected chi connectivity index (χ3v) is 2.99. The zero-order valence-corrected chi connectivity index (χ0v) is 11.5. The second kappa shape index (κ2) is 8.40. The number of ether oxygens (including phenoxy) is 1. The minimum absolute atomic E-state index is 0.0209. The molecule has 0 saturated carbocycles. The van der Waals surface area contributed by atoms with E-state index in [1.54, 1.807) is 0 Å². The molecule has 0 bridgehead atoms. The van der Waals surface area contributed by atoms with E-state index in [2.05, 4.69) is 6.92 Å². The highest BCUT2D eigenvalue weighted by Crippen LogP contribution is 2.20. The first-order valence-electron chi connectivity index (χ1n) is 6.90. The topological polar surface area (TPSA) is 72.5 Å². The molecular weight excluding hydrogens is 242 g/mol. The largest absolute Gasteiger partial charge is 0.506 e. The number of benzene rings is 1. The lowest BCUT2D eigenvalue weighted by molar-refractivity contribution is 0.0497. The third-order valence-electron chi connectivity index (χ3n) is 2.99. The van der Waals surface area contributed by atoms with Crippen LogP contribution in [0.15, 0.2) is 18.2 Å². The van der Waals surface area contributed by atoms with Crippen molar-refractivity contribution < 1.29 is 14.6 Å². The Kier molecular flexibility index (Phi) is 6.79. The van der Waals surface area contributed by atoms with E-state index in [9.17, 15) is 9.90 Å². The Morgan fingerprint density at radius 2 is 1.89 bits per heavy atom. The summed E-state index contributed by atoms with van der Waals surface area (Å²) in [6.45, 7) is 2.62. The first-order valence-corrected chi connectivity index (χ1v) is 6.90. The van der Waals surface area contributed by atoms with Crippen molar-refractivity contribution in [2.45, 2.75) is 45.4 Å². The predicted molar refractivity (Wildman–Crippen MR) is 76.2 cm³/mol. The number of hydrogen-bond donors (Lipinski definition) is 2. The van der Waals surface area contributed by atoms with E-state index >= 15 is 0 Å². The minimum Gasteiger partial charge on any atom is -0.506 e. The summed E-state index contributed by atoms with van der Waals surface area (Å²) in [6.07, 6.45) is 6.92. The van der Waals surface area contributed by atoms with Gasteiger partial charge in [0.1, 0.15) is 5.75 Å². The van der Waals surface area contributed by atoms with Crippen LogP contribution in [0.25, 0.3) is 0 Å². The molecule has 4 heteroatoms. The van der Waals surface area contributed by atoms with Gasteiger partial charge in [-0.05, 0) is 24.6 Å². The first kappa shape index (κ1) is 15.3. The zero-order chi connectivity index (χ0) is 14.1. The zero-order valence-electron chi connectivity index (χ0n) is 11.5. The van der Waals surface area contributed by atoms with E-state index < -0.39 is 0 Å². The Morgan fingerprint density at radius 3 is 2.58 bits per heavy atom. The molecule has 0 unspecified atom stereocenters. The molecule has 0 aliphatic rings. The second-order valence-corrected chi connectivity index (χ2v) is 4.68. The molecule has 19 heavy (non-hydrogen) atoms. The van der Waals surface area contributed by atoms with Crippen molar-refractivity contribution in [3.05, 3.63) is 23.8 Å². The summed E-state index contributed by atoms with van der Waals surface area (Å²) >= 11 is 0. The quantitative estimate of drug-likeness (QED) is 0.326. The molecule has 4 nitrogen and oxygen atoms in total. The van der Waals surface area contributed by atoms with Gasteiger partial charge in [0.25, 0.3) is 0 Å². The summed E-state index contributed by atoms with van der Waals surface area (Å²) in [7, 11) is 0. The van der Waals surface area contributed by atoms with Crippen molar-refractivity contribution in [3.63, 3.8) is 0 Å². The molecular formula is C15H23NO3. The smallest absolute Gasteiger partial charge is 0.338 e. The van der Waals surface area contributed by atoms with Gasteiger partial charge >= 0.3 is 5.97 Å². The Labute approximate surface area is 114 Å². The van der Waals surface area contributed by atoms with Gasteiger partial charge in [0.05, 0.1) is 17.9 Å². The number of phenolic OH excluding ortho intramolecular Hbond substituents is 1. The number of rotatable bonds is 8. The highest BCUT2D eigenvalue weighted by atomic mass is 16.5. The van der Waals surface area contributed by atoms with Gasteiger partial charge in [-0.1, -0.05) is 39.0 Å². The van der Waals surface area contributed by atoms with Gasteiger partial charge in [-0.3, -0.25) is 0 Å². The van der Waals surface area contributed by atoms with E-state index in [1.165, 1.54) is 43.9 Å². The number of nitrogens with two attached hydrogens (primary N) is 1. The van der Waals surface area contributed by atoms with Crippen LogP contribution in [-0.2, 0) is 4.74 Å². The van der Waals surface area contributed by atoms with Crippen molar-refractivity contribution in [1.82, 2.24) is 0 Å². The fourth-order valence-corrected chi connectivity index (χ4v) is 1.81. The van der Waals surface area contributed by atoms with Gasteiger partial charge < -0.3 is 15.6 Å². The highest BCUT2D eigenvalue weighted by molar-refractivity contribution is 5.90. The van der Waals surface area contributed by atoms with Crippen molar-refractivity contribution >= 4 is 11.7 Å². The first-order chi connectivity index (χ1) is 9.15. The molecule has 0 radical (unpaired) electrons. The summed E-state index contributed by atoms with van der Waals surface area (Å²) in [5, 5.41) is 9.27. The SMILES string of the molecule is CCCCCCCCOC(=O)c1ccc(O)c(N)c1. The normalized spacial score (nSPS) is 10.4. The van der Waals surface area contributed by atoms with Crippen LogP contribution in [0.5, 0.6) is 5.75 Å². The van der Waals surface area contributed by atoms with E-state index in [-0.39, 0.29) is 17.4 Å². The van der Waals surface area contributed by atoms with Gasteiger partial charge in [0.2, 0.25) is 0 Å². The monoisotopic (exact) mass is 265 g/mol. The standard InChI is InChI=1S/C15H23NO3/c1-2-3-4-5-6-7-10-19-15(18)12-8-9-14(17)13(16)11-12/h8-9,11,17H,2-7,10,16H2,1H3. The summed E-state index contributed by atoms with van der Waals surface area (Å²) in [5.41, 5.74) is 6.09. The van der Waals surface area contributed by atoms with Crippen LogP contribution >= 0.6 is 0 Å². The molecule has 3 N–H and O–H groups in total. The number of unbranched alkanes of at least 4 members (excludes halogenated alkanes) is 5. The minimum atomic E-state index is -0.389. The summed E-state index contributed by atoms with van der Waals surface area (Å²) in [6, 6.07) is 4.34. The summed E-state index contributed by atoms with van der Waals surface area (Å²) in [4.78, 5) is 11.7. The Hall–Kier alpha value is -1.71. The van der Waals surface area contributed by atoms with E-state index in [4.69, 9.17) is 10.5 Å². The predicted octanol–water partition coefficient (Wildman–Crippen LogP) is 3.49. The van der Waals surface area contributed by atoms with Crippen molar-refractivity contribution in [2.24, 2.45) is 0 Å². The van der Waals surface area contributed by atoms with Gasteiger partial charge in [-0.2, -0.15) is 0 Å². The van der Waals surface area contributed by atoms with Crippen molar-refractivity contribution in [3.8, 4) is 5.75 Å². The van der Waals surface area contributed by atoms with Gasteiger partial charge in [0, 0.05) is 0 Å². The van der Waals surface area contributed by atoms with Crippen LogP contribution < -0.4 is 5.73 Å². The molecule has 0 aliphatic heterocycles. The average molecular weight is 265 g/mol. The fraction of sp³-hybridized carbons (Fsp3) is 0.533. The Balaban J connectivity index is 2.22. The number of aromatic hydroxyl groups is 1. The Morgan fingerprint density at radius 1 is 1.21 bits per heavy atom. The maximum Gasteiger partial charge on any atom is 0.338 e. The van der Waals surface area contributed by atoms with E-state index in [1.807, 2.05) is 0 Å². The number of anilines is 1. The number of phenols is 1. The number of carbonyl (C=O) groups is 1. The average Bonchev–Trinajstić information content (AvgIpc) is 2.40. The van der Waals surface area contributed by atoms with Crippen molar-refractivity contribution in [1.29, 1.82) is 0 Å². The van der Waals surface area contributed by atoms with Crippen LogP contribution in [0, 0.1) is 0 Å². The molecule has 0 atom stereocenters. The Bertz CT molecular complexity index is 404. The van der Waals surface area contributed by atoms with Gasteiger partial charge in [-0.25, -0.2) is 4.79 Å². The molecule has 0 spiro atoms. The van der Waals surface area contributed by atoms with Crippen LogP contribution in [-0.4, -0.2) is 17.7 Å². The van der Waals surface area contributed by atoms with Crippen LogP contribution in [0.2, 0.25) is 0 Å². The summed E-state index contributed by atoms with van der Waals surface area (Å²) in [5.74, 6) is -0.410. The molecule has 106 valence electrons. The lowest BCUT2D eigenvalue weighted by Gasteiger charge is -2.06. The van der Waals surface area contributed by atoms with Crippen molar-refractivity contribution in [2.75, 3.05) is 12.3 Å². The molecule has 0 heterocycles. The van der Waals surface area contributed by atoms with Crippen LogP contribution in [0.1, 0.15) is 55.8 Å². The second-order valence-electron chi connectivity index (χ2n) is 4.68. The number of carbonyl (C=O) groups excluding carboxylic acids is 1. The lowest BCUT2D eigenvalue weighted by Crippen LogP contribution is -2.07. The van der Waals surface area contributed by atoms with Crippen LogP contribution in [0.3, 0.4) is 0 Å². The molecule has 1 aromatic carbocycles. The third kappa shape index (κ3) is 5.64. The molecule has 0 fully saturated rings. The molecule has 0 aromatic heterocycles. The van der Waals surface area contributed by atoms with E-state index in [0.29, 0.717) is 12.2 Å². The lowest BCUT2D eigenvalue weighted by atomic mass is 10.1. The maximum atomic E-state index is 11.7. The molecule has 0 saturated heterocycles. The van der Waals surface area contributed by atoms with Crippen LogP contribution in [0.4, 0.5) is 5.69 Å².